The summed E-state index contributed by atoms with van der Waals surface area (Å²) in [6.45, 7) is 1.86. The van der Waals surface area contributed by atoms with Crippen LogP contribution in [0.1, 0.15) is 5.82 Å². The van der Waals surface area contributed by atoms with Crippen LogP contribution in [0.15, 0.2) is 16.6 Å². The summed E-state index contributed by atoms with van der Waals surface area (Å²) in [5.41, 5.74) is 1.58. The number of aromatic nitrogens is 2. The van der Waals surface area contributed by atoms with Gasteiger partial charge in [0.2, 0.25) is 0 Å². The average molecular weight is 270 g/mol. The third-order valence-corrected chi connectivity index (χ3v) is 3.00. The molecule has 1 aromatic carbocycles. The number of rotatable bonds is 1. The van der Waals surface area contributed by atoms with Crippen molar-refractivity contribution < 1.29 is 4.92 Å². The van der Waals surface area contributed by atoms with Crippen LogP contribution in [0.3, 0.4) is 0 Å². The largest absolute Gasteiger partial charge is 0.331 e. The van der Waals surface area contributed by atoms with Crippen LogP contribution in [-0.2, 0) is 7.05 Å². The second-order valence-corrected chi connectivity index (χ2v) is 4.12. The highest BCUT2D eigenvalue weighted by Crippen LogP contribution is 2.29. The molecule has 5 nitrogen and oxygen atoms in total. The molecular weight excluding hydrogens is 262 g/mol. The summed E-state index contributed by atoms with van der Waals surface area (Å²) < 4.78 is 2.28. The molecule has 0 N–H and O–H groups in total. The zero-order chi connectivity index (χ0) is 11.2. The van der Waals surface area contributed by atoms with Crippen LogP contribution in [0.2, 0.25) is 0 Å². The van der Waals surface area contributed by atoms with Crippen molar-refractivity contribution in [3.8, 4) is 0 Å². The molecule has 6 heteroatoms. The van der Waals surface area contributed by atoms with Gasteiger partial charge in [0.1, 0.15) is 5.82 Å². The predicted molar refractivity (Wildman–Crippen MR) is 59.8 cm³/mol. The van der Waals surface area contributed by atoms with Crippen LogP contribution in [0, 0.1) is 17.0 Å². The van der Waals surface area contributed by atoms with E-state index in [1.54, 1.807) is 6.07 Å². The van der Waals surface area contributed by atoms with Crippen LogP contribution >= 0.6 is 15.9 Å². The molecule has 0 radical (unpaired) electrons. The monoisotopic (exact) mass is 269 g/mol. The molecule has 15 heavy (non-hydrogen) atoms. The fraction of sp³-hybridized carbons (Fsp3) is 0.222. The Labute approximate surface area is 94.0 Å². The van der Waals surface area contributed by atoms with Gasteiger partial charge in [0.15, 0.2) is 0 Å². The SMILES string of the molecule is Cc1nc2cc(Br)c([N+](=O)[O-])cc2n1C. The summed E-state index contributed by atoms with van der Waals surface area (Å²) in [6, 6.07) is 3.19. The second kappa shape index (κ2) is 3.30. The van der Waals surface area contributed by atoms with Gasteiger partial charge in [-0.15, -0.1) is 0 Å². The van der Waals surface area contributed by atoms with Crippen molar-refractivity contribution in [3.63, 3.8) is 0 Å². The molecule has 1 aromatic heterocycles. The van der Waals surface area contributed by atoms with Crippen molar-refractivity contribution in [1.29, 1.82) is 0 Å². The third-order valence-electron chi connectivity index (χ3n) is 2.37. The minimum atomic E-state index is -0.411. The van der Waals surface area contributed by atoms with Crippen LogP contribution in [0.4, 0.5) is 5.69 Å². The van der Waals surface area contributed by atoms with Crippen LogP contribution in [0.25, 0.3) is 11.0 Å². The van der Waals surface area contributed by atoms with E-state index in [0.717, 1.165) is 16.9 Å². The fourth-order valence-corrected chi connectivity index (χ4v) is 1.94. The Balaban J connectivity index is 2.83. The minimum absolute atomic E-state index is 0.0606. The first-order valence-electron chi connectivity index (χ1n) is 4.27. The summed E-state index contributed by atoms with van der Waals surface area (Å²) in [6.07, 6.45) is 0. The lowest BCUT2D eigenvalue weighted by Crippen LogP contribution is -1.93. The number of hydrogen-bond acceptors (Lipinski definition) is 3. The summed E-state index contributed by atoms with van der Waals surface area (Å²) in [4.78, 5) is 14.6. The molecule has 0 aliphatic carbocycles. The Hall–Kier alpha value is -1.43. The van der Waals surface area contributed by atoms with E-state index in [4.69, 9.17) is 0 Å². The minimum Gasteiger partial charge on any atom is -0.331 e. The van der Waals surface area contributed by atoms with Crippen molar-refractivity contribution in [1.82, 2.24) is 9.55 Å². The van der Waals surface area contributed by atoms with Gasteiger partial charge in [0.25, 0.3) is 5.69 Å². The summed E-state index contributed by atoms with van der Waals surface area (Å²) in [5.74, 6) is 0.831. The first kappa shape index (κ1) is 10.1. The van der Waals surface area contributed by atoms with E-state index in [9.17, 15) is 10.1 Å². The molecule has 0 fully saturated rings. The number of fused-ring (bicyclic) bond motifs is 1. The normalized spacial score (nSPS) is 10.9. The second-order valence-electron chi connectivity index (χ2n) is 3.27. The topological polar surface area (TPSA) is 61.0 Å². The van der Waals surface area contributed by atoms with Crippen LogP contribution in [-0.4, -0.2) is 14.5 Å². The number of nitro groups is 1. The number of imidazole rings is 1. The van der Waals surface area contributed by atoms with Gasteiger partial charge >= 0.3 is 0 Å². The lowest BCUT2D eigenvalue weighted by atomic mass is 10.3. The predicted octanol–water partition coefficient (Wildman–Crippen LogP) is 2.55. The van der Waals surface area contributed by atoms with Gasteiger partial charge in [-0.3, -0.25) is 10.1 Å². The molecule has 78 valence electrons. The number of nitro benzene ring substituents is 1. The quantitative estimate of drug-likeness (QED) is 0.591. The third kappa shape index (κ3) is 1.50. The van der Waals surface area contributed by atoms with Crippen LogP contribution in [0.5, 0.6) is 0 Å². The maximum absolute atomic E-state index is 10.7. The van der Waals surface area contributed by atoms with Gasteiger partial charge in [0, 0.05) is 13.1 Å². The lowest BCUT2D eigenvalue weighted by molar-refractivity contribution is -0.385. The molecule has 0 aliphatic rings. The van der Waals surface area contributed by atoms with Crippen LogP contribution < -0.4 is 0 Å². The van der Waals surface area contributed by atoms with Gasteiger partial charge in [-0.1, -0.05) is 0 Å². The molecule has 0 unspecified atom stereocenters. The molecule has 2 rings (SSSR count). The molecule has 0 saturated heterocycles. The highest BCUT2D eigenvalue weighted by molar-refractivity contribution is 9.10. The highest BCUT2D eigenvalue weighted by Gasteiger charge is 2.15. The van der Waals surface area contributed by atoms with Crippen molar-refractivity contribution in [2.45, 2.75) is 6.92 Å². The van der Waals surface area contributed by atoms with Crippen molar-refractivity contribution in [2.75, 3.05) is 0 Å². The maximum atomic E-state index is 10.7. The zero-order valence-corrected chi connectivity index (χ0v) is 9.78. The molecule has 2 aromatic rings. The Morgan fingerprint density at radius 3 is 2.80 bits per heavy atom. The number of halogens is 1. The summed E-state index contributed by atoms with van der Waals surface area (Å²) >= 11 is 3.16. The smallest absolute Gasteiger partial charge is 0.285 e. The Morgan fingerprint density at radius 2 is 2.20 bits per heavy atom. The zero-order valence-electron chi connectivity index (χ0n) is 8.19. The molecule has 1 heterocycles. The summed E-state index contributed by atoms with van der Waals surface area (Å²) in [7, 11) is 1.84. The van der Waals surface area contributed by atoms with Crippen molar-refractivity contribution >= 4 is 32.7 Å². The fourth-order valence-electron chi connectivity index (χ4n) is 1.46. The lowest BCUT2D eigenvalue weighted by Gasteiger charge is -1.98. The van der Waals surface area contributed by atoms with E-state index in [0.29, 0.717) is 4.47 Å². The molecule has 0 aliphatic heterocycles. The number of aryl methyl sites for hydroxylation is 2. The van der Waals surface area contributed by atoms with Gasteiger partial charge in [0.05, 0.1) is 20.4 Å². The maximum Gasteiger partial charge on any atom is 0.285 e. The molecule has 0 amide bonds. The van der Waals surface area contributed by atoms with Crippen molar-refractivity contribution in [3.05, 3.63) is 32.5 Å². The molecule has 0 saturated carbocycles. The summed E-state index contributed by atoms with van der Waals surface area (Å²) in [5, 5.41) is 10.7. The molecule has 0 spiro atoms. The van der Waals surface area contributed by atoms with Gasteiger partial charge in [-0.2, -0.15) is 0 Å². The van der Waals surface area contributed by atoms with Gasteiger partial charge < -0.3 is 4.57 Å². The van der Waals surface area contributed by atoms with Gasteiger partial charge in [-0.05, 0) is 28.9 Å². The Bertz CT molecular complexity index is 562. The van der Waals surface area contributed by atoms with Gasteiger partial charge in [-0.25, -0.2) is 4.98 Å². The Morgan fingerprint density at radius 1 is 1.53 bits per heavy atom. The highest BCUT2D eigenvalue weighted by atomic mass is 79.9. The molecular formula is C9H8BrN3O2. The number of benzene rings is 1. The first-order chi connectivity index (χ1) is 7.00. The molecule has 0 atom stereocenters. The first-order valence-corrected chi connectivity index (χ1v) is 5.07. The number of nitrogens with zero attached hydrogens (tertiary/aromatic N) is 3. The standard InChI is InChI=1S/C9H8BrN3O2/c1-5-11-7-3-6(10)8(13(14)15)4-9(7)12(5)2/h3-4H,1-2H3. The average Bonchev–Trinajstić information content (AvgIpc) is 2.41. The van der Waals surface area contributed by atoms with E-state index in [1.807, 2.05) is 18.5 Å². The van der Waals surface area contributed by atoms with E-state index >= 15 is 0 Å². The molecule has 0 bridgehead atoms. The Kier molecular flexibility index (Phi) is 2.22. The van der Waals surface area contributed by atoms with E-state index < -0.39 is 4.92 Å². The van der Waals surface area contributed by atoms with E-state index in [-0.39, 0.29) is 5.69 Å². The number of hydrogen-bond donors (Lipinski definition) is 0. The van der Waals surface area contributed by atoms with E-state index in [1.165, 1.54) is 6.07 Å². The van der Waals surface area contributed by atoms with Crippen molar-refractivity contribution in [2.24, 2.45) is 7.05 Å². The van der Waals surface area contributed by atoms with E-state index in [2.05, 4.69) is 20.9 Å².